The van der Waals surface area contributed by atoms with Crippen LogP contribution in [0.4, 0.5) is 5.69 Å². The lowest BCUT2D eigenvalue weighted by atomic mass is 10.1. The maximum atomic E-state index is 6.14. The summed E-state index contributed by atoms with van der Waals surface area (Å²) in [5.41, 5.74) is 1.18. The maximum Gasteiger partial charge on any atom is 0.0483 e. The van der Waals surface area contributed by atoms with Crippen molar-refractivity contribution < 1.29 is 0 Å². The van der Waals surface area contributed by atoms with Crippen LogP contribution in [0.25, 0.3) is 10.8 Å². The molecular formula is C16H19Cl2N. The van der Waals surface area contributed by atoms with E-state index in [1.54, 1.807) is 0 Å². The van der Waals surface area contributed by atoms with Gasteiger partial charge in [-0.2, -0.15) is 0 Å². The van der Waals surface area contributed by atoms with Gasteiger partial charge >= 0.3 is 0 Å². The van der Waals surface area contributed by atoms with Crippen molar-refractivity contribution >= 4 is 39.7 Å². The van der Waals surface area contributed by atoms with Gasteiger partial charge in [-0.25, -0.2) is 0 Å². The Bertz CT molecular complexity index is 527. The molecule has 0 radical (unpaired) electrons. The molecule has 3 heteroatoms. The van der Waals surface area contributed by atoms with E-state index >= 15 is 0 Å². The van der Waals surface area contributed by atoms with Gasteiger partial charge in [0.05, 0.1) is 0 Å². The highest BCUT2D eigenvalue weighted by Crippen LogP contribution is 2.23. The van der Waals surface area contributed by atoms with Gasteiger partial charge in [-0.1, -0.05) is 30.3 Å². The Labute approximate surface area is 125 Å². The lowest BCUT2D eigenvalue weighted by Crippen LogP contribution is -2.33. The van der Waals surface area contributed by atoms with E-state index in [4.69, 9.17) is 23.2 Å². The van der Waals surface area contributed by atoms with Crippen LogP contribution in [-0.4, -0.2) is 23.8 Å². The summed E-state index contributed by atoms with van der Waals surface area (Å²) in [6.07, 6.45) is 0. The molecule has 0 heterocycles. The molecule has 0 N–H and O–H groups in total. The second-order valence-electron chi connectivity index (χ2n) is 5.00. The predicted octanol–water partition coefficient (Wildman–Crippen LogP) is 4.90. The van der Waals surface area contributed by atoms with Crippen LogP contribution in [0.2, 0.25) is 0 Å². The summed E-state index contributed by atoms with van der Waals surface area (Å²) in [5.74, 6) is 0. The van der Waals surface area contributed by atoms with Gasteiger partial charge in [0.25, 0.3) is 0 Å². The molecule has 0 saturated heterocycles. The second kappa shape index (κ2) is 6.49. The normalized spacial score (nSPS) is 14.3. The van der Waals surface area contributed by atoms with Crippen molar-refractivity contribution in [2.24, 2.45) is 0 Å². The number of hydrogen-bond acceptors (Lipinski definition) is 1. The Morgan fingerprint density at radius 3 is 2.05 bits per heavy atom. The standard InChI is InChI=1S/C16H19Cl2N/c1-12(17)10-19(11-13(2)18)16-8-7-14-5-3-4-6-15(14)9-16/h3-9,12-13H,10-11H2,1-2H3/t12-,13-/m1/s1. The van der Waals surface area contributed by atoms with E-state index in [1.165, 1.54) is 16.5 Å². The molecule has 0 aliphatic heterocycles. The number of nitrogens with zero attached hydrogens (tertiary/aromatic N) is 1. The van der Waals surface area contributed by atoms with Crippen LogP contribution in [0.15, 0.2) is 42.5 Å². The topological polar surface area (TPSA) is 3.24 Å². The summed E-state index contributed by atoms with van der Waals surface area (Å²) >= 11 is 12.3. The van der Waals surface area contributed by atoms with Crippen molar-refractivity contribution in [3.63, 3.8) is 0 Å². The largest absolute Gasteiger partial charge is 0.369 e. The summed E-state index contributed by atoms with van der Waals surface area (Å²) in [4.78, 5) is 2.25. The zero-order valence-corrected chi connectivity index (χ0v) is 12.8. The molecule has 1 nitrogen and oxygen atoms in total. The second-order valence-corrected chi connectivity index (χ2v) is 6.49. The highest BCUT2D eigenvalue weighted by molar-refractivity contribution is 6.21. The lowest BCUT2D eigenvalue weighted by molar-refractivity contribution is 0.754. The Hall–Kier alpha value is -0.920. The molecule has 0 aliphatic rings. The third-order valence-corrected chi connectivity index (χ3v) is 3.32. The zero-order chi connectivity index (χ0) is 13.8. The molecule has 19 heavy (non-hydrogen) atoms. The monoisotopic (exact) mass is 295 g/mol. The summed E-state index contributed by atoms with van der Waals surface area (Å²) in [5, 5.41) is 2.70. The van der Waals surface area contributed by atoms with Crippen LogP contribution in [0, 0.1) is 0 Å². The average Bonchev–Trinajstić information content (AvgIpc) is 2.36. The molecule has 0 amide bonds. The summed E-state index contributed by atoms with van der Waals surface area (Å²) in [6.45, 7) is 5.62. The number of halogens is 2. The number of benzene rings is 2. The predicted molar refractivity (Wildman–Crippen MR) is 86.8 cm³/mol. The minimum absolute atomic E-state index is 0.0990. The van der Waals surface area contributed by atoms with Gasteiger partial charge in [0.2, 0.25) is 0 Å². The van der Waals surface area contributed by atoms with E-state index in [1.807, 2.05) is 13.8 Å². The molecule has 102 valence electrons. The molecule has 2 aromatic rings. The van der Waals surface area contributed by atoms with Gasteiger partial charge in [-0.15, -0.1) is 23.2 Å². The van der Waals surface area contributed by atoms with Crippen molar-refractivity contribution in [1.82, 2.24) is 0 Å². The Kier molecular flexibility index (Phi) is 4.95. The first-order valence-corrected chi connectivity index (χ1v) is 7.45. The van der Waals surface area contributed by atoms with Crippen molar-refractivity contribution in [3.8, 4) is 0 Å². The van der Waals surface area contributed by atoms with E-state index in [2.05, 4.69) is 47.4 Å². The number of alkyl halides is 2. The molecule has 0 unspecified atom stereocenters. The van der Waals surface area contributed by atoms with Crippen molar-refractivity contribution in [2.45, 2.75) is 24.6 Å². The molecule has 0 aromatic heterocycles. The zero-order valence-electron chi connectivity index (χ0n) is 11.3. The van der Waals surface area contributed by atoms with Gasteiger partial charge in [0.1, 0.15) is 0 Å². The smallest absolute Gasteiger partial charge is 0.0483 e. The Morgan fingerprint density at radius 2 is 1.47 bits per heavy atom. The minimum Gasteiger partial charge on any atom is -0.369 e. The van der Waals surface area contributed by atoms with Gasteiger partial charge in [-0.05, 0) is 36.8 Å². The molecular weight excluding hydrogens is 277 g/mol. The van der Waals surface area contributed by atoms with E-state index in [9.17, 15) is 0 Å². The number of rotatable bonds is 5. The number of anilines is 1. The van der Waals surface area contributed by atoms with E-state index in [-0.39, 0.29) is 10.8 Å². The van der Waals surface area contributed by atoms with Gasteiger partial charge < -0.3 is 4.90 Å². The van der Waals surface area contributed by atoms with E-state index in [0.717, 1.165) is 13.1 Å². The third kappa shape index (κ3) is 4.02. The molecule has 0 spiro atoms. The average molecular weight is 296 g/mol. The molecule has 2 atom stereocenters. The number of fused-ring (bicyclic) bond motifs is 1. The first-order valence-electron chi connectivity index (χ1n) is 6.58. The van der Waals surface area contributed by atoms with Gasteiger partial charge in [0, 0.05) is 29.5 Å². The maximum absolute atomic E-state index is 6.14. The van der Waals surface area contributed by atoms with E-state index in [0.29, 0.717) is 0 Å². The third-order valence-electron chi connectivity index (χ3n) is 3.04. The number of hydrogen-bond donors (Lipinski definition) is 0. The summed E-state index contributed by atoms with van der Waals surface area (Å²) in [7, 11) is 0. The lowest BCUT2D eigenvalue weighted by Gasteiger charge is -2.27. The van der Waals surface area contributed by atoms with Crippen molar-refractivity contribution in [1.29, 1.82) is 0 Å². The van der Waals surface area contributed by atoms with Gasteiger partial charge in [0.15, 0.2) is 0 Å². The fourth-order valence-electron chi connectivity index (χ4n) is 2.27. The Balaban J connectivity index is 2.32. The van der Waals surface area contributed by atoms with Crippen LogP contribution < -0.4 is 4.90 Å². The van der Waals surface area contributed by atoms with Gasteiger partial charge in [-0.3, -0.25) is 0 Å². The SMILES string of the molecule is C[C@@H](Cl)CN(C[C@@H](C)Cl)c1ccc2ccccc2c1. The summed E-state index contributed by atoms with van der Waals surface area (Å²) in [6, 6.07) is 14.9. The fourth-order valence-corrected chi connectivity index (χ4v) is 2.60. The minimum atomic E-state index is 0.0990. The molecule has 0 aliphatic carbocycles. The highest BCUT2D eigenvalue weighted by Gasteiger charge is 2.12. The molecule has 2 aromatic carbocycles. The molecule has 0 fully saturated rings. The molecule has 0 saturated carbocycles. The first-order chi connectivity index (χ1) is 9.06. The first kappa shape index (κ1) is 14.5. The fraction of sp³-hybridized carbons (Fsp3) is 0.375. The van der Waals surface area contributed by atoms with Crippen LogP contribution in [-0.2, 0) is 0 Å². The highest BCUT2D eigenvalue weighted by atomic mass is 35.5. The van der Waals surface area contributed by atoms with Crippen molar-refractivity contribution in [3.05, 3.63) is 42.5 Å². The van der Waals surface area contributed by atoms with Crippen LogP contribution >= 0.6 is 23.2 Å². The van der Waals surface area contributed by atoms with Crippen LogP contribution in [0.1, 0.15) is 13.8 Å². The van der Waals surface area contributed by atoms with Crippen molar-refractivity contribution in [2.75, 3.05) is 18.0 Å². The molecule has 0 bridgehead atoms. The Morgan fingerprint density at radius 1 is 0.895 bits per heavy atom. The van der Waals surface area contributed by atoms with Crippen LogP contribution in [0.5, 0.6) is 0 Å². The quantitative estimate of drug-likeness (QED) is 0.709. The van der Waals surface area contributed by atoms with Crippen LogP contribution in [0.3, 0.4) is 0 Å². The summed E-state index contributed by atoms with van der Waals surface area (Å²) < 4.78 is 0. The van der Waals surface area contributed by atoms with E-state index < -0.39 is 0 Å². The molecule has 2 rings (SSSR count).